The molecule has 0 radical (unpaired) electrons. The second-order valence-corrected chi connectivity index (χ2v) is 7.05. The second-order valence-electron chi connectivity index (χ2n) is 4.88. The van der Waals surface area contributed by atoms with Crippen LogP contribution in [0.3, 0.4) is 0 Å². The minimum atomic E-state index is -3.74. The first-order chi connectivity index (χ1) is 10.8. The van der Waals surface area contributed by atoms with E-state index in [4.69, 9.17) is 16.7 Å². The molecule has 2 rings (SSSR count). The molecule has 1 aromatic carbocycles. The largest absolute Gasteiger partial charge is 0.481 e. The van der Waals surface area contributed by atoms with Gasteiger partial charge in [0.1, 0.15) is 4.90 Å². The zero-order chi connectivity index (χ0) is 17.0. The highest BCUT2D eigenvalue weighted by molar-refractivity contribution is 7.89. The number of nitrogens with one attached hydrogen (secondary N) is 1. The predicted molar refractivity (Wildman–Crippen MR) is 85.4 cm³/mol. The van der Waals surface area contributed by atoms with Gasteiger partial charge in [0.05, 0.1) is 17.6 Å². The summed E-state index contributed by atoms with van der Waals surface area (Å²) in [5.41, 5.74) is 1.15. The fraction of sp³-hybridized carbons (Fsp3) is 0.286. The summed E-state index contributed by atoms with van der Waals surface area (Å²) in [5, 5.41) is 13.2. The van der Waals surface area contributed by atoms with Gasteiger partial charge in [-0.05, 0) is 37.6 Å². The SMILES string of the molecule is Cc1c(S(=O)(=O)NCCCC(=O)O)cnn1-c1ccc(Cl)cc1. The Morgan fingerprint density at radius 3 is 2.61 bits per heavy atom. The number of carboxylic acids is 1. The molecule has 0 atom stereocenters. The number of carbonyl (C=O) groups is 1. The van der Waals surface area contributed by atoms with E-state index in [2.05, 4.69) is 9.82 Å². The maximum atomic E-state index is 12.3. The summed E-state index contributed by atoms with van der Waals surface area (Å²) < 4.78 is 28.4. The molecule has 0 aliphatic heterocycles. The summed E-state index contributed by atoms with van der Waals surface area (Å²) in [7, 11) is -3.74. The third-order valence-corrected chi connectivity index (χ3v) is 5.00. The number of benzene rings is 1. The van der Waals surface area contributed by atoms with Crippen LogP contribution < -0.4 is 4.72 Å². The van der Waals surface area contributed by atoms with E-state index in [1.54, 1.807) is 31.2 Å². The van der Waals surface area contributed by atoms with Gasteiger partial charge in [0.25, 0.3) is 0 Å². The van der Waals surface area contributed by atoms with Crippen LogP contribution in [0.4, 0.5) is 0 Å². The van der Waals surface area contributed by atoms with Crippen molar-refractivity contribution >= 4 is 27.6 Å². The lowest BCUT2D eigenvalue weighted by molar-refractivity contribution is -0.137. The standard InChI is InChI=1S/C14H16ClN3O4S/c1-10-13(23(21,22)17-8-2-3-14(19)20)9-16-18(10)12-6-4-11(15)5-7-12/h4-7,9,17H,2-3,8H2,1H3,(H,19,20). The maximum absolute atomic E-state index is 12.3. The number of hydrogen-bond donors (Lipinski definition) is 2. The lowest BCUT2D eigenvalue weighted by atomic mass is 10.3. The lowest BCUT2D eigenvalue weighted by Crippen LogP contribution is -2.25. The van der Waals surface area contributed by atoms with Gasteiger partial charge >= 0.3 is 5.97 Å². The van der Waals surface area contributed by atoms with Crippen molar-refractivity contribution in [2.45, 2.75) is 24.7 Å². The summed E-state index contributed by atoms with van der Waals surface area (Å²) in [6, 6.07) is 6.85. The van der Waals surface area contributed by atoms with Crippen molar-refractivity contribution in [1.29, 1.82) is 0 Å². The molecule has 0 aliphatic rings. The van der Waals surface area contributed by atoms with Gasteiger partial charge in [-0.2, -0.15) is 5.10 Å². The normalized spacial score (nSPS) is 11.6. The minimum absolute atomic E-state index is 0.0558. The fourth-order valence-electron chi connectivity index (χ4n) is 2.02. The molecule has 1 aromatic heterocycles. The van der Waals surface area contributed by atoms with E-state index in [9.17, 15) is 13.2 Å². The van der Waals surface area contributed by atoms with Gasteiger partial charge in [-0.1, -0.05) is 11.6 Å². The first-order valence-corrected chi connectivity index (χ1v) is 8.69. The van der Waals surface area contributed by atoms with Crippen molar-refractivity contribution in [2.24, 2.45) is 0 Å². The quantitative estimate of drug-likeness (QED) is 0.738. The molecule has 0 saturated heterocycles. The van der Waals surface area contributed by atoms with Gasteiger partial charge in [-0.3, -0.25) is 4.79 Å². The van der Waals surface area contributed by atoms with Crippen LogP contribution in [0.25, 0.3) is 5.69 Å². The molecule has 0 unspecified atom stereocenters. The number of sulfonamides is 1. The van der Waals surface area contributed by atoms with Gasteiger partial charge in [0.2, 0.25) is 10.0 Å². The number of aliphatic carboxylic acids is 1. The third kappa shape index (κ3) is 4.31. The van der Waals surface area contributed by atoms with Crippen molar-refractivity contribution in [2.75, 3.05) is 6.54 Å². The highest BCUT2D eigenvalue weighted by atomic mass is 35.5. The Kier molecular flexibility index (Phi) is 5.40. The topological polar surface area (TPSA) is 101 Å². The molecule has 0 saturated carbocycles. The van der Waals surface area contributed by atoms with E-state index in [0.29, 0.717) is 16.4 Å². The third-order valence-electron chi connectivity index (χ3n) is 3.18. The summed E-state index contributed by atoms with van der Waals surface area (Å²) >= 11 is 5.83. The Bertz CT molecular complexity index is 800. The van der Waals surface area contributed by atoms with E-state index in [-0.39, 0.29) is 24.3 Å². The predicted octanol–water partition coefficient (Wildman–Crippen LogP) is 1.98. The van der Waals surface area contributed by atoms with Crippen LogP contribution in [0.1, 0.15) is 18.5 Å². The van der Waals surface area contributed by atoms with Crippen molar-refractivity contribution in [3.63, 3.8) is 0 Å². The van der Waals surface area contributed by atoms with Crippen LogP contribution in [0.2, 0.25) is 5.02 Å². The summed E-state index contributed by atoms with van der Waals surface area (Å²) in [6.07, 6.45) is 1.40. The summed E-state index contributed by atoms with van der Waals surface area (Å²) in [6.45, 7) is 1.70. The number of halogens is 1. The first kappa shape index (κ1) is 17.5. The molecular formula is C14H16ClN3O4S. The molecule has 2 N–H and O–H groups in total. The Labute approximate surface area is 138 Å². The second kappa shape index (κ2) is 7.12. The molecule has 0 amide bonds. The fourth-order valence-corrected chi connectivity index (χ4v) is 3.38. The average molecular weight is 358 g/mol. The molecule has 0 bridgehead atoms. The number of rotatable bonds is 7. The number of aromatic nitrogens is 2. The Balaban J connectivity index is 2.17. The van der Waals surface area contributed by atoms with E-state index in [1.807, 2.05) is 0 Å². The van der Waals surface area contributed by atoms with Gasteiger partial charge in [-0.25, -0.2) is 17.8 Å². The van der Waals surface area contributed by atoms with Crippen molar-refractivity contribution in [3.8, 4) is 5.69 Å². The monoisotopic (exact) mass is 357 g/mol. The van der Waals surface area contributed by atoms with Crippen molar-refractivity contribution in [1.82, 2.24) is 14.5 Å². The maximum Gasteiger partial charge on any atom is 0.303 e. The molecule has 0 spiro atoms. The van der Waals surface area contributed by atoms with Crippen LogP contribution in [0.15, 0.2) is 35.4 Å². The molecule has 124 valence electrons. The van der Waals surface area contributed by atoms with Crippen LogP contribution in [0, 0.1) is 6.92 Å². The Hall–Kier alpha value is -1.90. The van der Waals surface area contributed by atoms with Crippen molar-refractivity contribution in [3.05, 3.63) is 41.2 Å². The minimum Gasteiger partial charge on any atom is -0.481 e. The van der Waals surface area contributed by atoms with Gasteiger partial charge in [0, 0.05) is 18.0 Å². The molecule has 1 heterocycles. The molecule has 7 nitrogen and oxygen atoms in total. The molecule has 9 heteroatoms. The van der Waals surface area contributed by atoms with E-state index < -0.39 is 16.0 Å². The highest BCUT2D eigenvalue weighted by Gasteiger charge is 2.21. The van der Waals surface area contributed by atoms with Crippen LogP contribution >= 0.6 is 11.6 Å². The van der Waals surface area contributed by atoms with E-state index in [0.717, 1.165) is 0 Å². The lowest BCUT2D eigenvalue weighted by Gasteiger charge is -2.07. The smallest absolute Gasteiger partial charge is 0.303 e. The zero-order valence-corrected chi connectivity index (χ0v) is 13.9. The number of hydrogen-bond acceptors (Lipinski definition) is 4. The summed E-state index contributed by atoms with van der Waals surface area (Å²) in [5.74, 6) is -0.962. The molecule has 0 fully saturated rings. The highest BCUT2D eigenvalue weighted by Crippen LogP contribution is 2.19. The van der Waals surface area contributed by atoms with Gasteiger partial charge < -0.3 is 5.11 Å². The Morgan fingerprint density at radius 2 is 2.00 bits per heavy atom. The molecular weight excluding hydrogens is 342 g/mol. The summed E-state index contributed by atoms with van der Waals surface area (Å²) in [4.78, 5) is 10.5. The zero-order valence-electron chi connectivity index (χ0n) is 12.4. The number of carboxylic acid groups (broad SMARTS) is 1. The van der Waals surface area contributed by atoms with Crippen LogP contribution in [-0.2, 0) is 14.8 Å². The molecule has 23 heavy (non-hydrogen) atoms. The van der Waals surface area contributed by atoms with Crippen LogP contribution in [-0.4, -0.2) is 35.8 Å². The Morgan fingerprint density at radius 1 is 1.35 bits per heavy atom. The molecule has 0 aliphatic carbocycles. The van der Waals surface area contributed by atoms with E-state index >= 15 is 0 Å². The van der Waals surface area contributed by atoms with Crippen LogP contribution in [0.5, 0.6) is 0 Å². The number of nitrogens with zero attached hydrogens (tertiary/aromatic N) is 2. The van der Waals surface area contributed by atoms with Gasteiger partial charge in [0.15, 0.2) is 0 Å². The molecule has 2 aromatic rings. The first-order valence-electron chi connectivity index (χ1n) is 6.83. The van der Waals surface area contributed by atoms with Crippen molar-refractivity contribution < 1.29 is 18.3 Å². The van der Waals surface area contributed by atoms with E-state index in [1.165, 1.54) is 10.9 Å². The van der Waals surface area contributed by atoms with Gasteiger partial charge in [-0.15, -0.1) is 0 Å². The average Bonchev–Trinajstić information content (AvgIpc) is 2.87.